The van der Waals surface area contributed by atoms with E-state index in [1.54, 1.807) is 0 Å². The molecule has 0 amide bonds. The van der Waals surface area contributed by atoms with Gasteiger partial charge >= 0.3 is 11.9 Å². The Morgan fingerprint density at radius 3 is 1.02 bits per heavy atom. The van der Waals surface area contributed by atoms with Gasteiger partial charge in [-0.15, -0.1) is 0 Å². The second-order valence-electron chi connectivity index (χ2n) is 25.6. The number of phosphoric ester groups is 1. The number of carbonyl (C=O) groups excluding carboxylic acids is 2. The highest BCUT2D eigenvalue weighted by atomic mass is 31.2. The minimum absolute atomic E-state index is 0.0298. The van der Waals surface area contributed by atoms with Crippen molar-refractivity contribution in [3.8, 4) is 0 Å². The molecular weight excluding hydrogens is 1060 g/mol. The van der Waals surface area contributed by atoms with E-state index in [1.807, 2.05) is 21.1 Å². The highest BCUT2D eigenvalue weighted by Gasteiger charge is 2.22. The van der Waals surface area contributed by atoms with E-state index in [1.165, 1.54) is 250 Å². The predicted molar refractivity (Wildman–Crippen MR) is 360 cm³/mol. The molecule has 0 aliphatic rings. The monoisotopic (exact) mass is 1200 g/mol. The molecule has 0 spiro atoms. The van der Waals surface area contributed by atoms with E-state index in [-0.39, 0.29) is 32.0 Å². The fourth-order valence-corrected chi connectivity index (χ4v) is 11.3. The lowest BCUT2D eigenvalue weighted by Gasteiger charge is -2.28. The molecule has 84 heavy (non-hydrogen) atoms. The van der Waals surface area contributed by atoms with Gasteiger partial charge in [-0.3, -0.25) is 14.2 Å². The van der Waals surface area contributed by atoms with Crippen LogP contribution in [0.2, 0.25) is 0 Å². The molecule has 9 nitrogen and oxygen atoms in total. The van der Waals surface area contributed by atoms with Gasteiger partial charge in [0.1, 0.15) is 19.8 Å². The van der Waals surface area contributed by atoms with Crippen molar-refractivity contribution in [1.29, 1.82) is 0 Å². The summed E-state index contributed by atoms with van der Waals surface area (Å²) in [5, 5.41) is 0. The molecule has 0 saturated heterocycles. The van der Waals surface area contributed by atoms with Gasteiger partial charge < -0.3 is 27.9 Å². The number of phosphoric acid groups is 1. The average molecular weight is 1200 g/mol. The molecular formula is C74H138NO8P. The van der Waals surface area contributed by atoms with Crippen LogP contribution in [-0.4, -0.2) is 70.0 Å². The summed E-state index contributed by atoms with van der Waals surface area (Å²) in [6.45, 7) is 4.19. The van der Waals surface area contributed by atoms with Crippen LogP contribution in [0, 0.1) is 0 Å². The molecule has 2 atom stereocenters. The quantitative estimate of drug-likeness (QED) is 0.0195. The molecule has 0 aromatic carbocycles. The van der Waals surface area contributed by atoms with E-state index in [0.717, 1.165) is 64.2 Å². The van der Waals surface area contributed by atoms with E-state index in [9.17, 15) is 19.0 Å². The predicted octanol–water partition coefficient (Wildman–Crippen LogP) is 22.8. The van der Waals surface area contributed by atoms with Crippen molar-refractivity contribution in [2.24, 2.45) is 0 Å². The van der Waals surface area contributed by atoms with Crippen molar-refractivity contribution in [1.82, 2.24) is 0 Å². The third-order valence-electron chi connectivity index (χ3n) is 16.0. The number of esters is 2. The Morgan fingerprint density at radius 2 is 0.679 bits per heavy atom. The zero-order valence-electron chi connectivity index (χ0n) is 56.1. The Labute approximate surface area is 521 Å². The fraction of sp³-hybridized carbons (Fsp3) is 0.838. The van der Waals surface area contributed by atoms with Crippen LogP contribution in [0.4, 0.5) is 0 Å². The van der Waals surface area contributed by atoms with E-state index in [2.05, 4.69) is 74.6 Å². The molecule has 0 aliphatic heterocycles. The van der Waals surface area contributed by atoms with Crippen molar-refractivity contribution >= 4 is 19.8 Å². The number of likely N-dealkylation sites (N-methyl/N-ethyl adjacent to an activating group) is 1. The molecule has 0 bridgehead atoms. The molecule has 492 valence electrons. The number of carbonyl (C=O) groups is 2. The lowest BCUT2D eigenvalue weighted by molar-refractivity contribution is -0.870. The summed E-state index contributed by atoms with van der Waals surface area (Å²) in [7, 11) is 1.18. The molecule has 0 rings (SSSR count). The number of allylic oxidation sites excluding steroid dienone is 10. The van der Waals surface area contributed by atoms with Crippen molar-refractivity contribution in [3.05, 3.63) is 60.8 Å². The molecule has 10 heteroatoms. The second-order valence-corrected chi connectivity index (χ2v) is 27.0. The van der Waals surface area contributed by atoms with Gasteiger partial charge in [0.25, 0.3) is 7.82 Å². The smallest absolute Gasteiger partial charge is 0.306 e. The molecule has 0 fully saturated rings. The van der Waals surface area contributed by atoms with Gasteiger partial charge in [0.15, 0.2) is 6.10 Å². The Hall–Kier alpha value is -2.29. The first-order chi connectivity index (χ1) is 41.0. The van der Waals surface area contributed by atoms with E-state index < -0.39 is 26.5 Å². The summed E-state index contributed by atoms with van der Waals surface area (Å²) in [5.41, 5.74) is 0. The summed E-state index contributed by atoms with van der Waals surface area (Å²) >= 11 is 0. The average Bonchev–Trinajstić information content (AvgIpc) is 3.61. The number of hydrogen-bond donors (Lipinski definition) is 0. The molecule has 0 radical (unpaired) electrons. The maximum atomic E-state index is 12.9. The number of unbranched alkanes of at least 4 members (excludes halogenated alkanes) is 43. The standard InChI is InChI=1S/C74H138NO8P/c1-6-8-10-12-14-16-18-20-22-24-26-28-30-32-34-36-37-39-40-42-44-46-48-50-52-54-56-58-60-62-64-66-73(76)80-70-72(71-82-84(78,79)81-69-68-75(3,4)5)83-74(77)67-65-63-61-59-57-55-53-51-49-47-45-43-41-38-35-33-31-29-27-25-23-21-19-17-15-13-11-9-7-2/h9,11,15,17,21,23-24,26-27,29,72H,6-8,10,12-14,16,18-20,22,25,28,30-71H2,1-5H3/b11-9-,17-15-,23-21-,26-24-,29-27-. The van der Waals surface area contributed by atoms with Crippen LogP contribution in [-0.2, 0) is 32.7 Å². The van der Waals surface area contributed by atoms with Crippen LogP contribution in [0.3, 0.4) is 0 Å². The summed E-state index contributed by atoms with van der Waals surface area (Å²) in [6.07, 6.45) is 86.0. The van der Waals surface area contributed by atoms with Crippen LogP contribution >= 0.6 is 7.82 Å². The van der Waals surface area contributed by atoms with Crippen molar-refractivity contribution in [3.63, 3.8) is 0 Å². The summed E-state index contributed by atoms with van der Waals surface area (Å²) in [4.78, 5) is 38.1. The molecule has 0 aromatic rings. The highest BCUT2D eigenvalue weighted by Crippen LogP contribution is 2.38. The Kier molecular flexibility index (Phi) is 63.4. The zero-order chi connectivity index (χ0) is 61.2. The van der Waals surface area contributed by atoms with Gasteiger partial charge in [-0.1, -0.05) is 319 Å². The number of ether oxygens (including phenoxy) is 2. The van der Waals surface area contributed by atoms with Gasteiger partial charge in [0, 0.05) is 12.8 Å². The Bertz CT molecular complexity index is 1600. The van der Waals surface area contributed by atoms with Crippen LogP contribution < -0.4 is 4.89 Å². The largest absolute Gasteiger partial charge is 0.756 e. The van der Waals surface area contributed by atoms with Gasteiger partial charge in [-0.2, -0.15) is 0 Å². The lowest BCUT2D eigenvalue weighted by Crippen LogP contribution is -2.37. The van der Waals surface area contributed by atoms with Crippen LogP contribution in [0.5, 0.6) is 0 Å². The maximum Gasteiger partial charge on any atom is 0.306 e. The molecule has 0 heterocycles. The zero-order valence-corrected chi connectivity index (χ0v) is 57.0. The van der Waals surface area contributed by atoms with Crippen molar-refractivity contribution in [2.75, 3.05) is 47.5 Å². The SMILES string of the molecule is CC/C=C\C/C=C\C/C=C\C/C=C\CCCCCCCCCCCCCCCCCCC(=O)OC(COC(=O)CCCCCCCCCCCCCCCCCCCCC/C=C\CCCCCCCCCC)COP(=O)([O-])OCC[N+](C)(C)C. The van der Waals surface area contributed by atoms with E-state index >= 15 is 0 Å². The maximum absolute atomic E-state index is 12.9. The molecule has 2 unspecified atom stereocenters. The molecule has 0 N–H and O–H groups in total. The number of nitrogens with zero attached hydrogens (tertiary/aromatic N) is 1. The number of hydrogen-bond acceptors (Lipinski definition) is 8. The topological polar surface area (TPSA) is 111 Å². The number of quaternary nitrogens is 1. The van der Waals surface area contributed by atoms with Crippen LogP contribution in [0.15, 0.2) is 60.8 Å². The summed E-state index contributed by atoms with van der Waals surface area (Å²) in [6, 6.07) is 0. The first kappa shape index (κ1) is 81.7. The van der Waals surface area contributed by atoms with E-state index in [0.29, 0.717) is 17.4 Å². The lowest BCUT2D eigenvalue weighted by atomic mass is 10.0. The Morgan fingerprint density at radius 1 is 0.381 bits per heavy atom. The first-order valence-electron chi connectivity index (χ1n) is 36.0. The van der Waals surface area contributed by atoms with Crippen LogP contribution in [0.25, 0.3) is 0 Å². The fourth-order valence-electron chi connectivity index (χ4n) is 10.5. The van der Waals surface area contributed by atoms with Gasteiger partial charge in [-0.05, 0) is 77.0 Å². The molecule has 0 aromatic heterocycles. The minimum atomic E-state index is -4.64. The third-order valence-corrected chi connectivity index (χ3v) is 17.0. The number of rotatable bonds is 67. The second kappa shape index (κ2) is 65.2. The summed E-state index contributed by atoms with van der Waals surface area (Å²) in [5.74, 6) is -0.816. The van der Waals surface area contributed by atoms with Crippen molar-refractivity contribution < 1.29 is 42.1 Å². The van der Waals surface area contributed by atoms with Crippen LogP contribution in [0.1, 0.15) is 348 Å². The highest BCUT2D eigenvalue weighted by molar-refractivity contribution is 7.45. The van der Waals surface area contributed by atoms with Crippen molar-refractivity contribution in [2.45, 2.75) is 354 Å². The van der Waals surface area contributed by atoms with Gasteiger partial charge in [0.05, 0.1) is 27.7 Å². The van der Waals surface area contributed by atoms with Gasteiger partial charge in [0.2, 0.25) is 0 Å². The Balaban J connectivity index is 3.99. The molecule has 0 saturated carbocycles. The summed E-state index contributed by atoms with van der Waals surface area (Å²) < 4.78 is 34.4. The minimum Gasteiger partial charge on any atom is -0.756 e. The van der Waals surface area contributed by atoms with E-state index in [4.69, 9.17) is 18.5 Å². The first-order valence-corrected chi connectivity index (χ1v) is 37.5. The third kappa shape index (κ3) is 68.8. The molecule has 0 aliphatic carbocycles. The van der Waals surface area contributed by atoms with Gasteiger partial charge in [-0.25, -0.2) is 0 Å². The normalized spacial score (nSPS) is 13.5.